The molecule has 1 aromatic carbocycles. The van der Waals surface area contributed by atoms with Crippen molar-refractivity contribution in [3.05, 3.63) is 28.5 Å². The number of amides is 1. The zero-order valence-electron chi connectivity index (χ0n) is 6.97. The van der Waals surface area contributed by atoms with E-state index in [4.69, 9.17) is 23.1 Å². The van der Waals surface area contributed by atoms with Gasteiger partial charge in [0, 0.05) is 11.5 Å². The first-order chi connectivity index (χ1) is 6.50. The van der Waals surface area contributed by atoms with Gasteiger partial charge in [-0.05, 0) is 12.1 Å². The topological polar surface area (TPSA) is 69.1 Å². The van der Waals surface area contributed by atoms with Crippen molar-refractivity contribution in [1.82, 2.24) is 0 Å². The smallest absolute Gasteiger partial charge is 0.293 e. The lowest BCUT2D eigenvalue weighted by molar-refractivity contribution is -0.112. The van der Waals surface area contributed by atoms with Crippen LogP contribution in [0.5, 0.6) is 0 Å². The van der Waals surface area contributed by atoms with Crippen molar-refractivity contribution in [3.8, 4) is 11.8 Å². The summed E-state index contributed by atoms with van der Waals surface area (Å²) in [6.45, 7) is 0. The van der Waals surface area contributed by atoms with E-state index in [1.54, 1.807) is 0 Å². The van der Waals surface area contributed by atoms with Gasteiger partial charge in [-0.25, -0.2) is 4.39 Å². The standard InChI is InChI=1S/C9H6ClFN2O/c10-6-4-8(12)7(11)3-5(6)1-2-9(13)14/h3-4H,12H2,(H2,13,14). The molecule has 0 aromatic heterocycles. The number of primary amides is 1. The van der Waals surface area contributed by atoms with Gasteiger partial charge in [0.1, 0.15) is 5.82 Å². The van der Waals surface area contributed by atoms with Crippen LogP contribution in [0.4, 0.5) is 10.1 Å². The van der Waals surface area contributed by atoms with E-state index in [9.17, 15) is 9.18 Å². The molecule has 3 nitrogen and oxygen atoms in total. The van der Waals surface area contributed by atoms with Crippen LogP contribution in [0.2, 0.25) is 5.02 Å². The second-order valence-corrected chi connectivity index (χ2v) is 2.88. The molecule has 0 radical (unpaired) electrons. The van der Waals surface area contributed by atoms with E-state index >= 15 is 0 Å². The largest absolute Gasteiger partial charge is 0.396 e. The Morgan fingerprint density at radius 2 is 2.14 bits per heavy atom. The van der Waals surface area contributed by atoms with E-state index in [1.165, 1.54) is 6.07 Å². The Bertz CT molecular complexity index is 448. The maximum absolute atomic E-state index is 12.9. The Morgan fingerprint density at radius 3 is 2.71 bits per heavy atom. The summed E-state index contributed by atoms with van der Waals surface area (Å²) in [6, 6.07) is 2.27. The van der Waals surface area contributed by atoms with Crippen molar-refractivity contribution in [1.29, 1.82) is 0 Å². The fraction of sp³-hybridized carbons (Fsp3) is 0. The lowest BCUT2D eigenvalue weighted by Gasteiger charge is -1.99. The minimum absolute atomic E-state index is 0.0698. The predicted molar refractivity (Wildman–Crippen MR) is 51.9 cm³/mol. The van der Waals surface area contributed by atoms with Gasteiger partial charge in [-0.15, -0.1) is 0 Å². The summed E-state index contributed by atoms with van der Waals surface area (Å²) in [5, 5.41) is 0.178. The Morgan fingerprint density at radius 1 is 1.50 bits per heavy atom. The summed E-state index contributed by atoms with van der Waals surface area (Å²) in [4.78, 5) is 10.3. The Labute approximate surface area is 84.8 Å². The molecule has 4 N–H and O–H groups in total. The number of carbonyl (C=O) groups is 1. The molecule has 0 spiro atoms. The zero-order valence-corrected chi connectivity index (χ0v) is 7.73. The highest BCUT2D eigenvalue weighted by atomic mass is 35.5. The molecule has 5 heteroatoms. The lowest BCUT2D eigenvalue weighted by Crippen LogP contribution is -2.06. The highest BCUT2D eigenvalue weighted by molar-refractivity contribution is 6.32. The first-order valence-corrected chi connectivity index (χ1v) is 3.94. The number of nitrogen functional groups attached to an aromatic ring is 1. The SMILES string of the molecule is NC(=O)C#Cc1cc(F)c(N)cc1Cl. The van der Waals surface area contributed by atoms with Crippen molar-refractivity contribution in [2.75, 3.05) is 5.73 Å². The van der Waals surface area contributed by atoms with E-state index in [1.807, 2.05) is 5.92 Å². The van der Waals surface area contributed by atoms with E-state index in [-0.39, 0.29) is 16.3 Å². The van der Waals surface area contributed by atoms with Gasteiger partial charge in [0.2, 0.25) is 0 Å². The highest BCUT2D eigenvalue weighted by Crippen LogP contribution is 2.21. The van der Waals surface area contributed by atoms with Gasteiger partial charge in [-0.2, -0.15) is 0 Å². The molecule has 0 unspecified atom stereocenters. The van der Waals surface area contributed by atoms with Crippen LogP contribution in [0, 0.1) is 17.7 Å². The summed E-state index contributed by atoms with van der Waals surface area (Å²) in [6.07, 6.45) is 0. The van der Waals surface area contributed by atoms with Gasteiger partial charge in [0.05, 0.1) is 10.7 Å². The van der Waals surface area contributed by atoms with Gasteiger partial charge in [0.15, 0.2) is 0 Å². The second kappa shape index (κ2) is 3.99. The second-order valence-electron chi connectivity index (χ2n) is 2.47. The molecule has 0 fully saturated rings. The molecule has 0 saturated heterocycles. The fourth-order valence-electron chi connectivity index (χ4n) is 0.787. The van der Waals surface area contributed by atoms with Crippen molar-refractivity contribution in [2.24, 2.45) is 5.73 Å². The van der Waals surface area contributed by atoms with E-state index in [0.717, 1.165) is 6.07 Å². The molecule has 14 heavy (non-hydrogen) atoms. The number of carbonyl (C=O) groups excluding carboxylic acids is 1. The first-order valence-electron chi connectivity index (χ1n) is 3.56. The van der Waals surface area contributed by atoms with Crippen LogP contribution >= 0.6 is 11.6 Å². The quantitative estimate of drug-likeness (QED) is 0.496. The number of nitrogens with two attached hydrogens (primary N) is 2. The van der Waals surface area contributed by atoms with Crippen molar-refractivity contribution < 1.29 is 9.18 Å². The van der Waals surface area contributed by atoms with Crippen LogP contribution in [0.15, 0.2) is 12.1 Å². The molecule has 0 heterocycles. The first kappa shape index (κ1) is 10.4. The molecule has 0 aliphatic heterocycles. The maximum atomic E-state index is 12.9. The van der Waals surface area contributed by atoms with Crippen LogP contribution in [-0.2, 0) is 4.79 Å². The Kier molecular flexibility index (Phi) is 2.95. The van der Waals surface area contributed by atoms with Gasteiger partial charge in [0.25, 0.3) is 5.91 Å². The minimum Gasteiger partial charge on any atom is -0.396 e. The van der Waals surface area contributed by atoms with E-state index in [0.29, 0.717) is 0 Å². The minimum atomic E-state index is -0.807. The van der Waals surface area contributed by atoms with Gasteiger partial charge in [-0.1, -0.05) is 17.5 Å². The third kappa shape index (κ3) is 2.38. The van der Waals surface area contributed by atoms with E-state index in [2.05, 4.69) is 5.92 Å². The fourth-order valence-corrected chi connectivity index (χ4v) is 1.01. The maximum Gasteiger partial charge on any atom is 0.293 e. The van der Waals surface area contributed by atoms with Crippen molar-refractivity contribution >= 4 is 23.2 Å². The number of hydrogen-bond donors (Lipinski definition) is 2. The highest BCUT2D eigenvalue weighted by Gasteiger charge is 2.03. The number of hydrogen-bond acceptors (Lipinski definition) is 2. The van der Waals surface area contributed by atoms with Crippen LogP contribution in [0.1, 0.15) is 5.56 Å². The number of benzene rings is 1. The summed E-state index contributed by atoms with van der Waals surface area (Å²) in [5.74, 6) is 2.93. The molecule has 72 valence electrons. The molecule has 0 aliphatic carbocycles. The average Bonchev–Trinajstić information content (AvgIpc) is 2.09. The van der Waals surface area contributed by atoms with Crippen molar-refractivity contribution in [3.63, 3.8) is 0 Å². The summed E-state index contributed by atoms with van der Waals surface area (Å²) >= 11 is 5.68. The Hall–Kier alpha value is -1.73. The predicted octanol–water partition coefficient (Wildman–Crippen LogP) is 0.898. The third-order valence-electron chi connectivity index (χ3n) is 1.41. The summed E-state index contributed by atoms with van der Waals surface area (Å²) in [7, 11) is 0. The average molecular weight is 213 g/mol. The third-order valence-corrected chi connectivity index (χ3v) is 1.72. The number of anilines is 1. The normalized spacial score (nSPS) is 9.00. The Balaban J connectivity index is 3.18. The van der Waals surface area contributed by atoms with Gasteiger partial charge in [-0.3, -0.25) is 4.79 Å². The number of rotatable bonds is 0. The molecule has 1 rings (SSSR count). The van der Waals surface area contributed by atoms with Crippen LogP contribution in [0.25, 0.3) is 0 Å². The molecular formula is C9H6ClFN2O. The van der Waals surface area contributed by atoms with Gasteiger partial charge >= 0.3 is 0 Å². The van der Waals surface area contributed by atoms with Crippen LogP contribution in [-0.4, -0.2) is 5.91 Å². The number of halogens is 2. The summed E-state index contributed by atoms with van der Waals surface area (Å²) in [5.41, 5.74) is 10.1. The van der Waals surface area contributed by atoms with E-state index < -0.39 is 11.7 Å². The van der Waals surface area contributed by atoms with Crippen LogP contribution < -0.4 is 11.5 Å². The molecule has 1 amide bonds. The molecule has 0 atom stereocenters. The van der Waals surface area contributed by atoms with Gasteiger partial charge < -0.3 is 11.5 Å². The lowest BCUT2D eigenvalue weighted by atomic mass is 10.2. The molecule has 0 saturated carbocycles. The monoisotopic (exact) mass is 212 g/mol. The molecule has 0 aliphatic rings. The zero-order chi connectivity index (χ0) is 10.7. The summed E-state index contributed by atoms with van der Waals surface area (Å²) < 4.78 is 12.9. The van der Waals surface area contributed by atoms with Crippen molar-refractivity contribution in [2.45, 2.75) is 0 Å². The molecule has 1 aromatic rings. The molecular weight excluding hydrogens is 207 g/mol. The molecule has 0 bridgehead atoms. The van der Waals surface area contributed by atoms with Crippen LogP contribution in [0.3, 0.4) is 0 Å².